The van der Waals surface area contributed by atoms with Gasteiger partial charge >= 0.3 is 0 Å². The molecule has 1 amide bonds. The Morgan fingerprint density at radius 2 is 1.86 bits per heavy atom. The van der Waals surface area contributed by atoms with E-state index in [0.29, 0.717) is 6.54 Å². The second-order valence-corrected chi connectivity index (χ2v) is 7.83. The second-order valence-electron chi connectivity index (χ2n) is 7.83. The Morgan fingerprint density at radius 3 is 2.61 bits per heavy atom. The van der Waals surface area contributed by atoms with Gasteiger partial charge in [0.2, 0.25) is 5.91 Å². The summed E-state index contributed by atoms with van der Waals surface area (Å²) in [6.45, 7) is 6.58. The molecule has 1 N–H and O–H groups in total. The number of nitrogens with zero attached hydrogens (tertiary/aromatic N) is 4. The van der Waals surface area contributed by atoms with Crippen molar-refractivity contribution in [2.24, 2.45) is 5.92 Å². The Labute approximate surface area is 167 Å². The Kier molecular flexibility index (Phi) is 5.74. The van der Waals surface area contributed by atoms with Crippen LogP contribution in [0.15, 0.2) is 36.8 Å². The Hall–Kier alpha value is -2.63. The maximum atomic E-state index is 12.6. The van der Waals surface area contributed by atoms with E-state index in [1.807, 2.05) is 18.3 Å². The van der Waals surface area contributed by atoms with E-state index in [9.17, 15) is 4.79 Å². The molecule has 2 saturated heterocycles. The number of hydrogen-bond acceptors (Lipinski definition) is 5. The highest BCUT2D eigenvalue weighted by atomic mass is 16.1. The van der Waals surface area contributed by atoms with Crippen molar-refractivity contribution in [3.63, 3.8) is 0 Å². The molecule has 4 rings (SSSR count). The standard InChI is InChI=1S/C22H29N5O/c1-17-6-2-3-7-19(17)14-24-22(28)18-8-12-26(13-9-18)20-15-23-16-25-21(20)27-10-4-5-11-27/h2-3,6-7,15-16,18H,4-5,8-14H2,1H3,(H,24,28). The quantitative estimate of drug-likeness (QED) is 0.866. The van der Waals surface area contributed by atoms with Crippen LogP contribution in [0.2, 0.25) is 0 Å². The van der Waals surface area contributed by atoms with Crippen molar-refractivity contribution in [2.75, 3.05) is 36.0 Å². The Bertz CT molecular complexity index is 810. The predicted molar refractivity (Wildman–Crippen MR) is 111 cm³/mol. The smallest absolute Gasteiger partial charge is 0.223 e. The number of nitrogens with one attached hydrogen (secondary N) is 1. The lowest BCUT2D eigenvalue weighted by Gasteiger charge is -2.34. The zero-order valence-electron chi connectivity index (χ0n) is 16.6. The van der Waals surface area contributed by atoms with Crippen LogP contribution in [0, 0.1) is 12.8 Å². The largest absolute Gasteiger partial charge is 0.367 e. The lowest BCUT2D eigenvalue weighted by Crippen LogP contribution is -2.41. The predicted octanol–water partition coefficient (Wildman–Crippen LogP) is 2.92. The summed E-state index contributed by atoms with van der Waals surface area (Å²) in [7, 11) is 0. The first-order valence-electron chi connectivity index (χ1n) is 10.3. The van der Waals surface area contributed by atoms with Gasteiger partial charge in [0.1, 0.15) is 6.33 Å². The van der Waals surface area contributed by atoms with Gasteiger partial charge in [0.15, 0.2) is 5.82 Å². The first-order valence-corrected chi connectivity index (χ1v) is 10.3. The molecule has 0 radical (unpaired) electrons. The van der Waals surface area contributed by atoms with E-state index >= 15 is 0 Å². The van der Waals surface area contributed by atoms with Crippen LogP contribution in [-0.4, -0.2) is 42.1 Å². The summed E-state index contributed by atoms with van der Waals surface area (Å²) in [5.74, 6) is 1.31. The SMILES string of the molecule is Cc1ccccc1CNC(=O)C1CCN(c2cncnc2N2CCCC2)CC1. The van der Waals surface area contributed by atoms with E-state index in [0.717, 1.165) is 50.5 Å². The topological polar surface area (TPSA) is 61.4 Å². The summed E-state index contributed by atoms with van der Waals surface area (Å²) in [6, 6.07) is 8.21. The number of aromatic nitrogens is 2. The molecule has 0 aliphatic carbocycles. The molecule has 28 heavy (non-hydrogen) atoms. The summed E-state index contributed by atoms with van der Waals surface area (Å²) in [6.07, 6.45) is 7.77. The van der Waals surface area contributed by atoms with Gasteiger partial charge in [0.25, 0.3) is 0 Å². The molecule has 2 aliphatic rings. The summed E-state index contributed by atoms with van der Waals surface area (Å²) in [5.41, 5.74) is 3.52. The highest BCUT2D eigenvalue weighted by Gasteiger charge is 2.28. The summed E-state index contributed by atoms with van der Waals surface area (Å²) in [4.78, 5) is 26.2. The van der Waals surface area contributed by atoms with Gasteiger partial charge in [-0.2, -0.15) is 0 Å². The molecular formula is C22H29N5O. The average molecular weight is 380 g/mol. The number of amides is 1. The third kappa shape index (κ3) is 4.11. The molecule has 0 bridgehead atoms. The minimum Gasteiger partial charge on any atom is -0.367 e. The van der Waals surface area contributed by atoms with Gasteiger partial charge in [0.05, 0.1) is 11.9 Å². The first-order chi connectivity index (χ1) is 13.7. The molecule has 6 heteroatoms. The minimum atomic E-state index is 0.0835. The van der Waals surface area contributed by atoms with Crippen LogP contribution in [0.3, 0.4) is 0 Å². The third-order valence-corrected chi connectivity index (χ3v) is 6.00. The molecular weight excluding hydrogens is 350 g/mol. The highest BCUT2D eigenvalue weighted by molar-refractivity contribution is 5.79. The van der Waals surface area contributed by atoms with E-state index < -0.39 is 0 Å². The van der Waals surface area contributed by atoms with Gasteiger partial charge in [-0.05, 0) is 43.7 Å². The molecule has 0 atom stereocenters. The van der Waals surface area contributed by atoms with E-state index in [-0.39, 0.29) is 11.8 Å². The zero-order chi connectivity index (χ0) is 19.3. The minimum absolute atomic E-state index is 0.0835. The van der Waals surface area contributed by atoms with E-state index in [2.05, 4.69) is 44.1 Å². The van der Waals surface area contributed by atoms with Gasteiger partial charge in [-0.15, -0.1) is 0 Å². The Balaban J connectivity index is 1.33. The number of piperidine rings is 1. The molecule has 0 unspecified atom stereocenters. The van der Waals surface area contributed by atoms with Crippen molar-refractivity contribution in [3.05, 3.63) is 47.9 Å². The summed E-state index contributed by atoms with van der Waals surface area (Å²) >= 11 is 0. The van der Waals surface area contributed by atoms with Crippen LogP contribution in [0.1, 0.15) is 36.8 Å². The average Bonchev–Trinajstić information content (AvgIpc) is 3.28. The van der Waals surface area contributed by atoms with Gasteiger partial charge in [-0.25, -0.2) is 9.97 Å². The van der Waals surface area contributed by atoms with Crippen molar-refractivity contribution in [3.8, 4) is 0 Å². The van der Waals surface area contributed by atoms with Crippen LogP contribution in [0.4, 0.5) is 11.5 Å². The van der Waals surface area contributed by atoms with Crippen LogP contribution in [0.5, 0.6) is 0 Å². The fraction of sp³-hybridized carbons (Fsp3) is 0.500. The van der Waals surface area contributed by atoms with E-state index in [1.165, 1.54) is 24.0 Å². The number of anilines is 2. The van der Waals surface area contributed by atoms with Crippen LogP contribution in [-0.2, 0) is 11.3 Å². The van der Waals surface area contributed by atoms with Crippen molar-refractivity contribution in [2.45, 2.75) is 39.2 Å². The fourth-order valence-corrected chi connectivity index (χ4v) is 4.23. The number of rotatable bonds is 5. The molecule has 0 saturated carbocycles. The first kappa shape index (κ1) is 18.7. The third-order valence-electron chi connectivity index (χ3n) is 6.00. The molecule has 1 aromatic carbocycles. The Morgan fingerprint density at radius 1 is 1.11 bits per heavy atom. The maximum absolute atomic E-state index is 12.6. The number of hydrogen-bond donors (Lipinski definition) is 1. The molecule has 148 valence electrons. The van der Waals surface area contributed by atoms with E-state index in [4.69, 9.17) is 0 Å². The van der Waals surface area contributed by atoms with Crippen molar-refractivity contribution in [1.82, 2.24) is 15.3 Å². The molecule has 2 aliphatic heterocycles. The van der Waals surface area contributed by atoms with Crippen molar-refractivity contribution < 1.29 is 4.79 Å². The maximum Gasteiger partial charge on any atom is 0.223 e. The molecule has 0 spiro atoms. The molecule has 2 aromatic rings. The number of benzene rings is 1. The molecule has 1 aromatic heterocycles. The zero-order valence-corrected chi connectivity index (χ0v) is 16.6. The molecule has 2 fully saturated rings. The second kappa shape index (κ2) is 8.59. The number of carbonyl (C=O) groups excluding carboxylic acids is 1. The van der Waals surface area contributed by atoms with Gasteiger partial charge < -0.3 is 15.1 Å². The van der Waals surface area contributed by atoms with Crippen LogP contribution < -0.4 is 15.1 Å². The molecule has 6 nitrogen and oxygen atoms in total. The van der Waals surface area contributed by atoms with E-state index in [1.54, 1.807) is 6.33 Å². The van der Waals surface area contributed by atoms with Crippen molar-refractivity contribution >= 4 is 17.4 Å². The monoisotopic (exact) mass is 379 g/mol. The lowest BCUT2D eigenvalue weighted by molar-refractivity contribution is -0.125. The van der Waals surface area contributed by atoms with Gasteiger partial charge in [-0.3, -0.25) is 4.79 Å². The van der Waals surface area contributed by atoms with Gasteiger partial charge in [0, 0.05) is 38.6 Å². The molecule has 3 heterocycles. The number of carbonyl (C=O) groups is 1. The number of aryl methyl sites for hydroxylation is 1. The van der Waals surface area contributed by atoms with Crippen LogP contribution >= 0.6 is 0 Å². The lowest BCUT2D eigenvalue weighted by atomic mass is 9.95. The highest BCUT2D eigenvalue weighted by Crippen LogP contribution is 2.31. The summed E-state index contributed by atoms with van der Waals surface area (Å²) < 4.78 is 0. The normalized spacial score (nSPS) is 17.8. The van der Waals surface area contributed by atoms with Crippen molar-refractivity contribution in [1.29, 1.82) is 0 Å². The van der Waals surface area contributed by atoms with Crippen LogP contribution in [0.25, 0.3) is 0 Å². The van der Waals surface area contributed by atoms with Gasteiger partial charge in [-0.1, -0.05) is 24.3 Å². The fourth-order valence-electron chi connectivity index (χ4n) is 4.23. The summed E-state index contributed by atoms with van der Waals surface area (Å²) in [5, 5.41) is 3.13.